The predicted molar refractivity (Wildman–Crippen MR) is 134 cm³/mol. The Morgan fingerprint density at radius 2 is 2.00 bits per heavy atom. The summed E-state index contributed by atoms with van der Waals surface area (Å²) < 4.78 is 24.9. The van der Waals surface area contributed by atoms with Crippen molar-refractivity contribution in [2.24, 2.45) is 16.3 Å². The van der Waals surface area contributed by atoms with Gasteiger partial charge in [0.15, 0.2) is 11.6 Å². The maximum absolute atomic E-state index is 12.5. The van der Waals surface area contributed by atoms with Gasteiger partial charge in [0.1, 0.15) is 0 Å². The van der Waals surface area contributed by atoms with Crippen LogP contribution in [0.25, 0.3) is 0 Å². The number of carbonyl (C=O) groups is 1. The summed E-state index contributed by atoms with van der Waals surface area (Å²) in [6.07, 6.45) is 13.2. The summed E-state index contributed by atoms with van der Waals surface area (Å²) in [5.41, 5.74) is 8.28. The van der Waals surface area contributed by atoms with Crippen molar-refractivity contribution in [2.75, 3.05) is 25.1 Å². The third kappa shape index (κ3) is 6.23. The first-order chi connectivity index (χ1) is 15.4. The van der Waals surface area contributed by atoms with Crippen molar-refractivity contribution in [1.82, 2.24) is 14.6 Å². The summed E-state index contributed by atoms with van der Waals surface area (Å²) >= 11 is 0. The lowest BCUT2D eigenvalue weighted by atomic mass is 9.87. The lowest BCUT2D eigenvalue weighted by Gasteiger charge is -2.32. The van der Waals surface area contributed by atoms with E-state index in [-0.39, 0.29) is 17.7 Å². The molecule has 9 heteroatoms. The molecule has 0 amide bonds. The second kappa shape index (κ2) is 9.69. The Labute approximate surface area is 196 Å². The van der Waals surface area contributed by atoms with Gasteiger partial charge in [0.25, 0.3) is 0 Å². The van der Waals surface area contributed by atoms with E-state index in [1.807, 2.05) is 20.8 Å². The first-order valence-electron chi connectivity index (χ1n) is 11.2. The van der Waals surface area contributed by atoms with E-state index in [1.165, 1.54) is 10.6 Å². The van der Waals surface area contributed by atoms with Gasteiger partial charge in [-0.15, -0.1) is 0 Å². The van der Waals surface area contributed by atoms with Gasteiger partial charge in [0.05, 0.1) is 17.5 Å². The highest BCUT2D eigenvalue weighted by molar-refractivity contribution is 7.88. The lowest BCUT2D eigenvalue weighted by Crippen LogP contribution is -2.44. The number of hydrogen-bond acceptors (Lipinski definition) is 6. The van der Waals surface area contributed by atoms with Crippen LogP contribution in [-0.4, -0.2) is 55.1 Å². The maximum Gasteiger partial charge on any atom is 0.211 e. The van der Waals surface area contributed by atoms with Crippen molar-refractivity contribution in [3.8, 4) is 0 Å². The molecule has 0 radical (unpaired) electrons. The van der Waals surface area contributed by atoms with Crippen molar-refractivity contribution < 1.29 is 13.2 Å². The number of rotatable bonds is 7. The number of allylic oxidation sites excluding steroid dienone is 4. The second-order valence-electron chi connectivity index (χ2n) is 9.82. The summed E-state index contributed by atoms with van der Waals surface area (Å²) in [7, 11) is -3.12. The van der Waals surface area contributed by atoms with Crippen molar-refractivity contribution in [3.05, 3.63) is 47.8 Å². The van der Waals surface area contributed by atoms with Crippen LogP contribution in [0.5, 0.6) is 0 Å². The monoisotopic (exact) mass is 473 g/mol. The van der Waals surface area contributed by atoms with Gasteiger partial charge >= 0.3 is 0 Å². The van der Waals surface area contributed by atoms with Gasteiger partial charge in [-0.2, -0.15) is 0 Å². The first-order valence-corrected chi connectivity index (χ1v) is 13.1. The van der Waals surface area contributed by atoms with Crippen molar-refractivity contribution in [3.63, 3.8) is 0 Å². The quantitative estimate of drug-likeness (QED) is 0.413. The number of nitrogens with two attached hydrogens (primary N) is 1. The normalized spacial score (nSPS) is 20.7. The number of hydrogen-bond donors (Lipinski definition) is 3. The molecule has 2 aliphatic rings. The number of anilines is 1. The zero-order chi connectivity index (χ0) is 24.4. The van der Waals surface area contributed by atoms with Gasteiger partial charge in [-0.05, 0) is 30.9 Å². The molecule has 180 valence electrons. The number of ketones is 1. The topological polar surface area (TPSA) is 121 Å². The van der Waals surface area contributed by atoms with E-state index in [2.05, 4.69) is 40.1 Å². The van der Waals surface area contributed by atoms with Crippen LogP contribution in [0.1, 0.15) is 50.4 Å². The molecule has 0 bridgehead atoms. The summed E-state index contributed by atoms with van der Waals surface area (Å²) in [6.45, 7) is 10.8. The van der Waals surface area contributed by atoms with Crippen LogP contribution in [-0.2, 0) is 10.0 Å². The number of aromatic nitrogens is 1. The fourth-order valence-corrected chi connectivity index (χ4v) is 4.84. The van der Waals surface area contributed by atoms with E-state index in [1.54, 1.807) is 12.4 Å². The number of Topliss-reactive ketones (excluding diaryl/α,β-unsaturated/α-hetero) is 1. The molecule has 0 saturated carbocycles. The number of H-pyrrole nitrogens is 1. The number of nitrogens with one attached hydrogen (secondary N) is 2. The van der Waals surface area contributed by atoms with E-state index in [0.717, 1.165) is 30.5 Å². The minimum Gasteiger partial charge on any atom is -0.395 e. The average Bonchev–Trinajstić information content (AvgIpc) is 3.10. The Bertz CT molecular complexity index is 1100. The summed E-state index contributed by atoms with van der Waals surface area (Å²) in [5.74, 6) is 0.509. The van der Waals surface area contributed by atoms with Crippen LogP contribution in [0.15, 0.2) is 47.3 Å². The molecule has 1 aromatic rings. The molecule has 0 spiro atoms. The van der Waals surface area contributed by atoms with Gasteiger partial charge in [0.2, 0.25) is 10.0 Å². The predicted octanol–water partition coefficient (Wildman–Crippen LogP) is 3.56. The fraction of sp³-hybridized carbons (Fsp3) is 0.500. The molecule has 0 aromatic carbocycles. The van der Waals surface area contributed by atoms with Crippen LogP contribution < -0.4 is 11.1 Å². The Morgan fingerprint density at radius 1 is 1.33 bits per heavy atom. The van der Waals surface area contributed by atoms with Gasteiger partial charge in [0, 0.05) is 48.6 Å². The molecule has 1 aromatic heterocycles. The Hall–Kier alpha value is -2.65. The molecular weight excluding hydrogens is 438 g/mol. The van der Waals surface area contributed by atoms with Gasteiger partial charge in [-0.3, -0.25) is 4.79 Å². The average molecular weight is 474 g/mol. The van der Waals surface area contributed by atoms with Crippen LogP contribution in [0.2, 0.25) is 0 Å². The first kappa shape index (κ1) is 25.0. The lowest BCUT2D eigenvalue weighted by molar-refractivity contribution is 0.0859. The smallest absolute Gasteiger partial charge is 0.211 e. The molecule has 33 heavy (non-hydrogen) atoms. The van der Waals surface area contributed by atoms with Crippen molar-refractivity contribution in [2.45, 2.75) is 46.1 Å². The SMILES string of the molecule is C=C(/C=N\c1[nH]cc(C(=O)C(C)(C)C)c1N)C1C=C(NC2CCN(S(C)(=O)=O)CC2)C=CC1. The minimum absolute atomic E-state index is 0.0324. The van der Waals surface area contributed by atoms with Crippen LogP contribution in [0.4, 0.5) is 11.5 Å². The number of aromatic amines is 1. The third-order valence-corrected chi connectivity index (χ3v) is 7.33. The minimum atomic E-state index is -3.12. The summed E-state index contributed by atoms with van der Waals surface area (Å²) in [5, 5.41) is 3.53. The van der Waals surface area contributed by atoms with Gasteiger partial charge in [-0.1, -0.05) is 39.5 Å². The third-order valence-electron chi connectivity index (χ3n) is 6.02. The molecule has 1 aliphatic heterocycles. The molecule has 1 fully saturated rings. The zero-order valence-electron chi connectivity index (χ0n) is 19.9. The summed E-state index contributed by atoms with van der Waals surface area (Å²) in [6, 6.07) is 0.233. The molecular formula is C24H35N5O3S. The van der Waals surface area contributed by atoms with E-state index in [0.29, 0.717) is 30.2 Å². The molecule has 1 aliphatic carbocycles. The summed E-state index contributed by atoms with van der Waals surface area (Å²) in [4.78, 5) is 20.0. The number of aliphatic imine (C=N–C) groups is 1. The fourth-order valence-electron chi connectivity index (χ4n) is 3.97. The Morgan fingerprint density at radius 3 is 2.61 bits per heavy atom. The molecule has 1 unspecified atom stereocenters. The van der Waals surface area contributed by atoms with Crippen molar-refractivity contribution >= 4 is 33.5 Å². The molecule has 2 heterocycles. The highest BCUT2D eigenvalue weighted by Gasteiger charge is 2.27. The van der Waals surface area contributed by atoms with E-state index in [9.17, 15) is 13.2 Å². The molecule has 1 saturated heterocycles. The van der Waals surface area contributed by atoms with E-state index >= 15 is 0 Å². The van der Waals surface area contributed by atoms with Gasteiger partial charge in [-0.25, -0.2) is 17.7 Å². The molecule has 1 atom stereocenters. The second-order valence-corrected chi connectivity index (χ2v) is 11.8. The van der Waals surface area contributed by atoms with Crippen molar-refractivity contribution in [1.29, 1.82) is 0 Å². The van der Waals surface area contributed by atoms with Crippen LogP contribution >= 0.6 is 0 Å². The highest BCUT2D eigenvalue weighted by Crippen LogP contribution is 2.31. The number of piperidine rings is 1. The number of sulfonamides is 1. The zero-order valence-corrected chi connectivity index (χ0v) is 20.7. The Kier molecular flexibility index (Phi) is 7.33. The maximum atomic E-state index is 12.5. The Balaban J connectivity index is 1.61. The number of nitrogens with zero attached hydrogens (tertiary/aromatic N) is 2. The molecule has 8 nitrogen and oxygen atoms in total. The highest BCUT2D eigenvalue weighted by atomic mass is 32.2. The number of carbonyl (C=O) groups excluding carboxylic acids is 1. The van der Waals surface area contributed by atoms with Gasteiger partial charge < -0.3 is 16.0 Å². The van der Waals surface area contributed by atoms with E-state index in [4.69, 9.17) is 5.73 Å². The number of nitrogen functional groups attached to an aromatic ring is 1. The van der Waals surface area contributed by atoms with Crippen LogP contribution in [0.3, 0.4) is 0 Å². The largest absolute Gasteiger partial charge is 0.395 e. The molecule has 4 N–H and O–H groups in total. The van der Waals surface area contributed by atoms with Crippen LogP contribution in [0, 0.1) is 11.3 Å². The standard InChI is InChI=1S/C24H35N5O3S/c1-16(14-26-23-21(25)20(15-27-23)22(30)24(2,3)4)17-7-6-8-19(13-17)28-18-9-11-29(12-10-18)33(5,31)32/h6,8,13-15,17-18,27-28H,1,7,9-12,25H2,2-5H3/b26-14-. The molecule has 3 rings (SSSR count). The van der Waals surface area contributed by atoms with E-state index < -0.39 is 15.4 Å².